The van der Waals surface area contributed by atoms with Gasteiger partial charge in [0.05, 0.1) is 5.16 Å². The highest BCUT2D eigenvalue weighted by Gasteiger charge is 2.14. The molecule has 0 aromatic heterocycles. The molecule has 0 radical (unpaired) electrons. The molecule has 3 heteroatoms. The minimum Gasteiger partial charge on any atom is -0.233 e. The average Bonchev–Trinajstić information content (AvgIpc) is 2.46. The summed E-state index contributed by atoms with van der Waals surface area (Å²) in [5.74, 6) is 0. The summed E-state index contributed by atoms with van der Waals surface area (Å²) in [5, 5.41) is 5.38. The molecule has 1 nitrogen and oxygen atoms in total. The van der Waals surface area contributed by atoms with Crippen LogP contribution >= 0.6 is 12.2 Å². The molecule has 0 aliphatic carbocycles. The summed E-state index contributed by atoms with van der Waals surface area (Å²) in [5.41, 5.74) is 0. The largest absolute Gasteiger partial charge is 0.233 e. The molecule has 2 rings (SSSR count). The van der Waals surface area contributed by atoms with Crippen LogP contribution in [-0.4, -0.2) is 20.5 Å². The van der Waals surface area contributed by atoms with Crippen molar-refractivity contribution in [2.45, 2.75) is 6.04 Å². The Morgan fingerprint density at radius 1 is 0.889 bits per heavy atom. The normalized spacial score (nSPS) is 10.1. The summed E-state index contributed by atoms with van der Waals surface area (Å²) in [4.78, 5) is 4.06. The standard InChI is InChI=1S/C15H15NSSi/c17-13-16-11-12-18(14-7-3-1-4-8-14)15-9-5-2-6-10-15/h1-10,18H,11-12H2. The van der Waals surface area contributed by atoms with E-state index in [0.29, 0.717) is 0 Å². The second-order valence-electron chi connectivity index (χ2n) is 4.14. The third kappa shape index (κ3) is 3.47. The Bertz CT molecular complexity index is 481. The molecule has 0 saturated heterocycles. The Balaban J connectivity index is 2.26. The van der Waals surface area contributed by atoms with Crippen molar-refractivity contribution in [3.63, 3.8) is 0 Å². The maximum absolute atomic E-state index is 4.64. The van der Waals surface area contributed by atoms with Crippen LogP contribution in [0, 0.1) is 0 Å². The Labute approximate surface area is 115 Å². The quantitative estimate of drug-likeness (QED) is 0.460. The Kier molecular flexibility index (Phi) is 5.03. The second kappa shape index (κ2) is 7.02. The van der Waals surface area contributed by atoms with E-state index in [1.165, 1.54) is 10.4 Å². The lowest BCUT2D eigenvalue weighted by Crippen LogP contribution is -2.42. The topological polar surface area (TPSA) is 12.4 Å². The van der Waals surface area contributed by atoms with Crippen molar-refractivity contribution in [1.82, 2.24) is 0 Å². The van der Waals surface area contributed by atoms with E-state index in [-0.39, 0.29) is 0 Å². The lowest BCUT2D eigenvalue weighted by atomic mass is 10.4. The van der Waals surface area contributed by atoms with Crippen molar-refractivity contribution in [3.8, 4) is 0 Å². The molecule has 0 aliphatic heterocycles. The molecule has 2 aromatic carbocycles. The maximum atomic E-state index is 4.64. The summed E-state index contributed by atoms with van der Waals surface area (Å²) >= 11 is 4.64. The van der Waals surface area contributed by atoms with Crippen molar-refractivity contribution < 1.29 is 0 Å². The molecule has 0 N–H and O–H groups in total. The zero-order valence-corrected chi connectivity index (χ0v) is 12.1. The number of thiocarbonyl (C=S) groups is 1. The lowest BCUT2D eigenvalue weighted by Gasteiger charge is -2.15. The molecule has 0 saturated carbocycles. The second-order valence-corrected chi connectivity index (χ2v) is 7.33. The molecule has 0 aliphatic rings. The zero-order chi connectivity index (χ0) is 12.6. The summed E-state index contributed by atoms with van der Waals surface area (Å²) in [6.07, 6.45) is 0. The van der Waals surface area contributed by atoms with Crippen LogP contribution in [0.3, 0.4) is 0 Å². The van der Waals surface area contributed by atoms with Gasteiger partial charge >= 0.3 is 0 Å². The number of isothiocyanates is 1. The van der Waals surface area contributed by atoms with Crippen molar-refractivity contribution in [2.24, 2.45) is 4.99 Å². The number of rotatable bonds is 5. The van der Waals surface area contributed by atoms with Crippen LogP contribution in [0.4, 0.5) is 0 Å². The van der Waals surface area contributed by atoms with Crippen molar-refractivity contribution in [1.29, 1.82) is 0 Å². The fraction of sp³-hybridized carbons (Fsp3) is 0.133. The fourth-order valence-corrected chi connectivity index (χ4v) is 5.04. The fourth-order valence-electron chi connectivity index (χ4n) is 2.14. The van der Waals surface area contributed by atoms with Crippen LogP contribution in [-0.2, 0) is 0 Å². The van der Waals surface area contributed by atoms with Gasteiger partial charge in [-0.2, -0.15) is 0 Å². The first kappa shape index (κ1) is 12.9. The van der Waals surface area contributed by atoms with Gasteiger partial charge in [-0.3, -0.25) is 0 Å². The molecule has 0 unspecified atom stereocenters. The molecule has 2 aromatic rings. The predicted molar refractivity (Wildman–Crippen MR) is 84.0 cm³/mol. The third-order valence-corrected chi connectivity index (χ3v) is 6.34. The smallest absolute Gasteiger partial charge is 0.104 e. The third-order valence-electron chi connectivity index (χ3n) is 3.00. The van der Waals surface area contributed by atoms with E-state index >= 15 is 0 Å². The number of hydrogen-bond acceptors (Lipinski definition) is 2. The molecule has 18 heavy (non-hydrogen) atoms. The van der Waals surface area contributed by atoms with Crippen LogP contribution in [0.15, 0.2) is 65.7 Å². The van der Waals surface area contributed by atoms with Gasteiger partial charge in [-0.15, -0.1) is 0 Å². The molecule has 0 fully saturated rings. The molecule has 0 heterocycles. The molecule has 0 atom stereocenters. The van der Waals surface area contributed by atoms with Gasteiger partial charge in [-0.1, -0.05) is 71.0 Å². The van der Waals surface area contributed by atoms with Gasteiger partial charge in [0.15, 0.2) is 0 Å². The monoisotopic (exact) mass is 269 g/mol. The van der Waals surface area contributed by atoms with E-state index in [1.54, 1.807) is 0 Å². The van der Waals surface area contributed by atoms with Gasteiger partial charge in [-0.05, 0) is 18.3 Å². The summed E-state index contributed by atoms with van der Waals surface area (Å²) in [7, 11) is -1.16. The molecular weight excluding hydrogens is 254 g/mol. The Morgan fingerprint density at radius 3 is 1.83 bits per heavy atom. The maximum Gasteiger partial charge on any atom is 0.104 e. The highest BCUT2D eigenvalue weighted by molar-refractivity contribution is 7.78. The molecule has 0 amide bonds. The Morgan fingerprint density at radius 2 is 1.39 bits per heavy atom. The van der Waals surface area contributed by atoms with E-state index in [9.17, 15) is 0 Å². The Hall–Kier alpha value is -1.54. The van der Waals surface area contributed by atoms with Gasteiger partial charge in [0.25, 0.3) is 0 Å². The van der Waals surface area contributed by atoms with Crippen LogP contribution < -0.4 is 10.4 Å². The van der Waals surface area contributed by atoms with Gasteiger partial charge < -0.3 is 0 Å². The van der Waals surface area contributed by atoms with E-state index in [1.807, 2.05) is 0 Å². The highest BCUT2D eigenvalue weighted by atomic mass is 32.1. The highest BCUT2D eigenvalue weighted by Crippen LogP contribution is 1.98. The van der Waals surface area contributed by atoms with Crippen LogP contribution in [0.1, 0.15) is 0 Å². The number of nitrogens with zero attached hydrogens (tertiary/aromatic N) is 1. The molecule has 0 bridgehead atoms. The van der Waals surface area contributed by atoms with Gasteiger partial charge in [0, 0.05) is 6.54 Å². The number of aliphatic imine (C=N–C) groups is 1. The van der Waals surface area contributed by atoms with Crippen LogP contribution in [0.5, 0.6) is 0 Å². The lowest BCUT2D eigenvalue weighted by molar-refractivity contribution is 1.13. The van der Waals surface area contributed by atoms with Crippen LogP contribution in [0.25, 0.3) is 0 Å². The minimum atomic E-state index is -1.16. The van der Waals surface area contributed by atoms with Crippen molar-refractivity contribution >= 4 is 36.5 Å². The average molecular weight is 269 g/mol. The SMILES string of the molecule is S=C=NCC[SiH](c1ccccc1)c1ccccc1. The minimum absolute atomic E-state index is 0.782. The van der Waals surface area contributed by atoms with Gasteiger partial charge in [0.2, 0.25) is 0 Å². The molecule has 90 valence electrons. The molecule has 0 spiro atoms. The first-order valence-electron chi connectivity index (χ1n) is 6.05. The van der Waals surface area contributed by atoms with Gasteiger partial charge in [0.1, 0.15) is 8.80 Å². The van der Waals surface area contributed by atoms with Gasteiger partial charge in [-0.25, -0.2) is 4.99 Å². The summed E-state index contributed by atoms with van der Waals surface area (Å²) in [6.45, 7) is 0.782. The summed E-state index contributed by atoms with van der Waals surface area (Å²) < 4.78 is 0. The van der Waals surface area contributed by atoms with E-state index < -0.39 is 8.80 Å². The number of hydrogen-bond donors (Lipinski definition) is 0. The zero-order valence-electron chi connectivity index (χ0n) is 10.1. The van der Waals surface area contributed by atoms with Crippen molar-refractivity contribution in [2.75, 3.05) is 6.54 Å². The van der Waals surface area contributed by atoms with E-state index in [2.05, 4.69) is 83.0 Å². The number of benzene rings is 2. The predicted octanol–water partition coefficient (Wildman–Crippen LogP) is 2.13. The van der Waals surface area contributed by atoms with Crippen LogP contribution in [0.2, 0.25) is 6.04 Å². The molecular formula is C15H15NSSi. The first-order valence-corrected chi connectivity index (χ1v) is 8.43. The first-order chi connectivity index (χ1) is 8.92. The van der Waals surface area contributed by atoms with E-state index in [0.717, 1.165) is 12.6 Å². The van der Waals surface area contributed by atoms with E-state index in [4.69, 9.17) is 0 Å². The van der Waals surface area contributed by atoms with Crippen molar-refractivity contribution in [3.05, 3.63) is 60.7 Å². The summed E-state index contributed by atoms with van der Waals surface area (Å²) in [6, 6.07) is 22.6.